The molecule has 0 saturated carbocycles. The van der Waals surface area contributed by atoms with Gasteiger partial charge < -0.3 is 5.32 Å². The maximum Gasteiger partial charge on any atom is 0.255 e. The number of nitrogens with zero attached hydrogens (tertiary/aromatic N) is 3. The van der Waals surface area contributed by atoms with Crippen molar-refractivity contribution in [2.75, 3.05) is 13.1 Å². The summed E-state index contributed by atoms with van der Waals surface area (Å²) in [6, 6.07) is 16.6. The number of benzene rings is 2. The van der Waals surface area contributed by atoms with Crippen LogP contribution in [0.15, 0.2) is 48.5 Å². The number of rotatable bonds is 6. The van der Waals surface area contributed by atoms with Gasteiger partial charge in [0.15, 0.2) is 0 Å². The second-order valence-corrected chi connectivity index (χ2v) is 9.22. The number of hydrogen-bond donors (Lipinski definition) is 1. The van der Waals surface area contributed by atoms with Crippen LogP contribution in [0.1, 0.15) is 51.3 Å². The molecule has 0 bridgehead atoms. The monoisotopic (exact) mass is 450 g/mol. The number of aromatic nitrogens is 2. The van der Waals surface area contributed by atoms with Crippen LogP contribution in [0.2, 0.25) is 5.02 Å². The fourth-order valence-electron chi connectivity index (χ4n) is 4.53. The first kappa shape index (κ1) is 22.6. The number of likely N-dealkylation sites (tertiary alicyclic amines) is 1. The average Bonchev–Trinajstić information content (AvgIpc) is 3.04. The third-order valence-electron chi connectivity index (χ3n) is 6.30. The van der Waals surface area contributed by atoms with Crippen molar-refractivity contribution >= 4 is 17.5 Å². The van der Waals surface area contributed by atoms with E-state index in [1.54, 1.807) is 0 Å². The number of amides is 1. The lowest BCUT2D eigenvalue weighted by molar-refractivity contribution is 0.0907. The van der Waals surface area contributed by atoms with Crippen LogP contribution in [0, 0.1) is 20.8 Å². The lowest BCUT2D eigenvalue weighted by atomic mass is 10.0. The molecular weight excluding hydrogens is 420 g/mol. The molecule has 6 heteroatoms. The molecule has 0 aliphatic carbocycles. The van der Waals surface area contributed by atoms with E-state index in [1.807, 2.05) is 42.8 Å². The summed E-state index contributed by atoms with van der Waals surface area (Å²) in [4.78, 5) is 15.6. The number of hydrogen-bond acceptors (Lipinski definition) is 3. The molecule has 1 saturated heterocycles. The van der Waals surface area contributed by atoms with Crippen LogP contribution in [-0.4, -0.2) is 39.7 Å². The lowest BCUT2D eigenvalue weighted by Gasteiger charge is -2.32. The van der Waals surface area contributed by atoms with E-state index in [2.05, 4.69) is 46.5 Å². The molecule has 1 N–H and O–H groups in total. The minimum absolute atomic E-state index is 0.0254. The van der Waals surface area contributed by atoms with Gasteiger partial charge in [-0.3, -0.25) is 14.4 Å². The van der Waals surface area contributed by atoms with E-state index < -0.39 is 0 Å². The number of carbonyl (C=O) groups excluding carboxylic acids is 1. The molecular formula is C26H31ClN4O. The fourth-order valence-corrected chi connectivity index (χ4v) is 4.72. The van der Waals surface area contributed by atoms with E-state index in [-0.39, 0.29) is 11.9 Å². The Morgan fingerprint density at radius 1 is 1.06 bits per heavy atom. The Labute approximate surface area is 195 Å². The van der Waals surface area contributed by atoms with E-state index in [1.165, 1.54) is 11.1 Å². The van der Waals surface area contributed by atoms with Gasteiger partial charge in [-0.1, -0.05) is 59.6 Å². The van der Waals surface area contributed by atoms with Crippen LogP contribution < -0.4 is 5.32 Å². The summed E-state index contributed by atoms with van der Waals surface area (Å²) < 4.78 is 1.87. The minimum Gasteiger partial charge on any atom is -0.349 e. The SMILES string of the molecule is Cc1cccc(CN2CCC(NC(=O)c3c(C)nn(Cc4ccccc4Cl)c3C)CC2)c1. The summed E-state index contributed by atoms with van der Waals surface area (Å²) in [5, 5.41) is 8.58. The fraction of sp³-hybridized carbons (Fsp3) is 0.385. The van der Waals surface area contributed by atoms with Gasteiger partial charge in [-0.25, -0.2) is 0 Å². The summed E-state index contributed by atoms with van der Waals surface area (Å²) in [5.41, 5.74) is 5.95. The predicted octanol–water partition coefficient (Wildman–Crippen LogP) is 4.90. The van der Waals surface area contributed by atoms with Gasteiger partial charge in [0, 0.05) is 36.4 Å². The molecule has 1 amide bonds. The van der Waals surface area contributed by atoms with Crippen LogP contribution in [0.5, 0.6) is 0 Å². The number of halogens is 1. The zero-order chi connectivity index (χ0) is 22.7. The highest BCUT2D eigenvalue weighted by Gasteiger charge is 2.24. The van der Waals surface area contributed by atoms with Gasteiger partial charge >= 0.3 is 0 Å². The molecule has 4 rings (SSSR count). The van der Waals surface area contributed by atoms with Crippen LogP contribution in [0.3, 0.4) is 0 Å². The molecule has 0 radical (unpaired) electrons. The first-order chi connectivity index (χ1) is 15.4. The third kappa shape index (κ3) is 5.22. The highest BCUT2D eigenvalue weighted by Crippen LogP contribution is 2.21. The first-order valence-electron chi connectivity index (χ1n) is 11.3. The highest BCUT2D eigenvalue weighted by atomic mass is 35.5. The maximum atomic E-state index is 13.1. The van der Waals surface area contributed by atoms with Gasteiger partial charge in [0.05, 0.1) is 17.8 Å². The molecule has 3 aromatic rings. The van der Waals surface area contributed by atoms with Crippen molar-refractivity contribution in [1.82, 2.24) is 20.0 Å². The molecule has 0 atom stereocenters. The van der Waals surface area contributed by atoms with Crippen LogP contribution in [0.4, 0.5) is 0 Å². The average molecular weight is 451 g/mol. The van der Waals surface area contributed by atoms with Crippen molar-refractivity contribution in [3.8, 4) is 0 Å². The zero-order valence-corrected chi connectivity index (χ0v) is 19.8. The van der Waals surface area contributed by atoms with E-state index >= 15 is 0 Å². The Morgan fingerprint density at radius 3 is 2.53 bits per heavy atom. The van der Waals surface area contributed by atoms with E-state index in [4.69, 9.17) is 11.6 Å². The van der Waals surface area contributed by atoms with E-state index in [9.17, 15) is 4.79 Å². The molecule has 0 spiro atoms. The quantitative estimate of drug-likeness (QED) is 0.580. The summed E-state index contributed by atoms with van der Waals surface area (Å²) in [6.07, 6.45) is 1.92. The smallest absolute Gasteiger partial charge is 0.255 e. The molecule has 0 unspecified atom stereocenters. The van der Waals surface area contributed by atoms with Gasteiger partial charge in [0.2, 0.25) is 0 Å². The van der Waals surface area contributed by atoms with Crippen LogP contribution >= 0.6 is 11.6 Å². The Kier molecular flexibility index (Phi) is 6.97. The summed E-state index contributed by atoms with van der Waals surface area (Å²) in [7, 11) is 0. The van der Waals surface area contributed by atoms with Crippen molar-refractivity contribution in [2.24, 2.45) is 0 Å². The summed E-state index contributed by atoms with van der Waals surface area (Å²) >= 11 is 6.31. The van der Waals surface area contributed by atoms with Gasteiger partial charge in [-0.05, 0) is 50.8 Å². The highest BCUT2D eigenvalue weighted by molar-refractivity contribution is 6.31. The molecule has 2 aromatic carbocycles. The first-order valence-corrected chi connectivity index (χ1v) is 11.6. The molecule has 1 aromatic heterocycles. The molecule has 1 aliphatic rings. The Balaban J connectivity index is 1.35. The topological polar surface area (TPSA) is 50.2 Å². The number of carbonyl (C=O) groups is 1. The Bertz CT molecular complexity index is 1100. The third-order valence-corrected chi connectivity index (χ3v) is 6.67. The Hall–Kier alpha value is -2.63. The van der Waals surface area contributed by atoms with Crippen molar-refractivity contribution < 1.29 is 4.79 Å². The minimum atomic E-state index is -0.0254. The van der Waals surface area contributed by atoms with Crippen LogP contribution in [0.25, 0.3) is 0 Å². The van der Waals surface area contributed by atoms with Gasteiger partial charge in [0.1, 0.15) is 0 Å². The zero-order valence-electron chi connectivity index (χ0n) is 19.1. The Morgan fingerprint density at radius 2 is 1.81 bits per heavy atom. The number of piperidine rings is 1. The summed E-state index contributed by atoms with van der Waals surface area (Å²) in [6.45, 7) is 9.48. The number of nitrogens with one attached hydrogen (secondary N) is 1. The van der Waals surface area contributed by atoms with Gasteiger partial charge in [-0.2, -0.15) is 5.10 Å². The largest absolute Gasteiger partial charge is 0.349 e. The van der Waals surface area contributed by atoms with Crippen molar-refractivity contribution in [1.29, 1.82) is 0 Å². The second kappa shape index (κ2) is 9.88. The summed E-state index contributed by atoms with van der Waals surface area (Å²) in [5.74, 6) is -0.0254. The van der Waals surface area contributed by atoms with Crippen molar-refractivity contribution in [3.05, 3.63) is 87.2 Å². The molecule has 1 aliphatic heterocycles. The van der Waals surface area contributed by atoms with Crippen molar-refractivity contribution in [3.63, 3.8) is 0 Å². The standard InChI is InChI=1S/C26H31ClN4O/c1-18-7-6-8-21(15-18)16-30-13-11-23(12-14-30)28-26(32)25-19(2)29-31(20(25)3)17-22-9-4-5-10-24(22)27/h4-10,15,23H,11-14,16-17H2,1-3H3,(H,28,32). The molecule has 32 heavy (non-hydrogen) atoms. The lowest BCUT2D eigenvalue weighted by Crippen LogP contribution is -2.44. The molecule has 5 nitrogen and oxygen atoms in total. The van der Waals surface area contributed by atoms with E-state index in [0.29, 0.717) is 17.1 Å². The normalized spacial score (nSPS) is 15.1. The van der Waals surface area contributed by atoms with Crippen LogP contribution in [-0.2, 0) is 13.1 Å². The predicted molar refractivity (Wildman–Crippen MR) is 129 cm³/mol. The number of aryl methyl sites for hydroxylation is 2. The second-order valence-electron chi connectivity index (χ2n) is 8.81. The van der Waals surface area contributed by atoms with E-state index in [0.717, 1.165) is 49.4 Å². The molecule has 168 valence electrons. The van der Waals surface area contributed by atoms with Crippen molar-refractivity contribution in [2.45, 2.75) is 52.7 Å². The van der Waals surface area contributed by atoms with Gasteiger partial charge in [-0.15, -0.1) is 0 Å². The maximum absolute atomic E-state index is 13.1. The molecule has 2 heterocycles. The van der Waals surface area contributed by atoms with Gasteiger partial charge in [0.25, 0.3) is 5.91 Å². The molecule has 1 fully saturated rings.